The second-order valence-electron chi connectivity index (χ2n) is 6.92. The zero-order chi connectivity index (χ0) is 21.8. The van der Waals surface area contributed by atoms with E-state index in [2.05, 4.69) is 5.32 Å². The molecule has 1 aliphatic carbocycles. The van der Waals surface area contributed by atoms with Crippen LogP contribution in [-0.4, -0.2) is 35.7 Å². The SMILES string of the molecule is C[C@@H]1CC(=O)[C@H](CC(=O)OCC(=O)Nc2ccc(C(F)(F)F)cc2)[C@@H]1C[N+](=O)[O-]. The highest BCUT2D eigenvalue weighted by molar-refractivity contribution is 5.93. The standard InChI is InChI=1S/C18H19F3N2O6/c1-10-6-15(24)13(14(10)8-23(27)28)7-17(26)29-9-16(25)22-12-4-2-11(3-5-12)18(19,20)21/h2-5,10,13-14H,6-9H2,1H3,(H,22,25)/t10-,13-,14-/m1/s1. The molecule has 2 rings (SSSR count). The number of ketones is 1. The van der Waals surface area contributed by atoms with Crippen LogP contribution in [0.15, 0.2) is 24.3 Å². The molecule has 1 fully saturated rings. The van der Waals surface area contributed by atoms with Crippen molar-refractivity contribution in [3.05, 3.63) is 39.9 Å². The molecule has 1 aliphatic rings. The fourth-order valence-corrected chi connectivity index (χ4v) is 3.32. The summed E-state index contributed by atoms with van der Waals surface area (Å²) in [6.45, 7) is 0.574. The van der Waals surface area contributed by atoms with Crippen LogP contribution in [0.1, 0.15) is 25.3 Å². The van der Waals surface area contributed by atoms with Gasteiger partial charge in [-0.1, -0.05) is 6.92 Å². The summed E-state index contributed by atoms with van der Waals surface area (Å²) in [5.41, 5.74) is -0.786. The number of anilines is 1. The molecule has 1 aromatic carbocycles. The Kier molecular flexibility index (Phi) is 6.93. The Hall–Kier alpha value is -2.98. The van der Waals surface area contributed by atoms with Gasteiger partial charge < -0.3 is 10.1 Å². The van der Waals surface area contributed by atoms with E-state index in [0.29, 0.717) is 0 Å². The Labute approximate surface area is 163 Å². The quantitative estimate of drug-likeness (QED) is 0.415. The molecule has 0 unspecified atom stereocenters. The zero-order valence-electron chi connectivity index (χ0n) is 15.4. The molecule has 0 spiro atoms. The first-order valence-electron chi connectivity index (χ1n) is 8.74. The largest absolute Gasteiger partial charge is 0.456 e. The first-order valence-corrected chi connectivity index (χ1v) is 8.74. The maximum absolute atomic E-state index is 12.5. The lowest BCUT2D eigenvalue weighted by Gasteiger charge is -2.17. The van der Waals surface area contributed by atoms with Gasteiger partial charge in [-0.3, -0.25) is 24.5 Å². The highest BCUT2D eigenvalue weighted by Gasteiger charge is 2.44. The average Bonchev–Trinajstić information content (AvgIpc) is 2.86. The zero-order valence-corrected chi connectivity index (χ0v) is 15.4. The van der Waals surface area contributed by atoms with Gasteiger partial charge in [-0.05, 0) is 30.2 Å². The Morgan fingerprint density at radius 3 is 2.45 bits per heavy atom. The van der Waals surface area contributed by atoms with Crippen LogP contribution in [-0.2, 0) is 25.3 Å². The minimum absolute atomic E-state index is 0.0879. The normalized spacial score (nSPS) is 21.7. The number of rotatable bonds is 7. The molecular formula is C18H19F3N2O6. The lowest BCUT2D eigenvalue weighted by Crippen LogP contribution is -2.28. The summed E-state index contributed by atoms with van der Waals surface area (Å²) in [6.07, 6.45) is -4.72. The molecule has 29 heavy (non-hydrogen) atoms. The van der Waals surface area contributed by atoms with E-state index >= 15 is 0 Å². The van der Waals surface area contributed by atoms with Crippen molar-refractivity contribution in [3.8, 4) is 0 Å². The van der Waals surface area contributed by atoms with Crippen molar-refractivity contribution in [1.82, 2.24) is 0 Å². The van der Waals surface area contributed by atoms with E-state index < -0.39 is 53.5 Å². The molecule has 158 valence electrons. The highest BCUT2D eigenvalue weighted by Crippen LogP contribution is 2.36. The van der Waals surface area contributed by atoms with Gasteiger partial charge in [-0.25, -0.2) is 0 Å². The molecule has 3 atom stereocenters. The summed E-state index contributed by atoms with van der Waals surface area (Å²) in [4.78, 5) is 46.0. The molecule has 1 saturated carbocycles. The summed E-state index contributed by atoms with van der Waals surface area (Å²) in [5.74, 6) is -3.52. The van der Waals surface area contributed by atoms with Gasteiger partial charge in [-0.15, -0.1) is 0 Å². The number of halogens is 3. The number of hydrogen-bond acceptors (Lipinski definition) is 6. The summed E-state index contributed by atoms with van der Waals surface area (Å²) < 4.78 is 42.3. The number of carbonyl (C=O) groups is 3. The number of nitrogens with zero attached hydrogens (tertiary/aromatic N) is 1. The Morgan fingerprint density at radius 1 is 1.28 bits per heavy atom. The van der Waals surface area contributed by atoms with E-state index in [4.69, 9.17) is 4.74 Å². The van der Waals surface area contributed by atoms with Gasteiger partial charge in [-0.2, -0.15) is 13.2 Å². The van der Waals surface area contributed by atoms with E-state index in [1.807, 2.05) is 0 Å². The number of benzene rings is 1. The van der Waals surface area contributed by atoms with Gasteiger partial charge in [0.05, 0.1) is 12.0 Å². The van der Waals surface area contributed by atoms with E-state index in [1.54, 1.807) is 6.92 Å². The number of nitrogens with one attached hydrogen (secondary N) is 1. The third-order valence-electron chi connectivity index (χ3n) is 4.79. The van der Waals surface area contributed by atoms with Crippen LogP contribution in [0.4, 0.5) is 18.9 Å². The number of ether oxygens (including phenoxy) is 1. The van der Waals surface area contributed by atoms with Gasteiger partial charge in [0.2, 0.25) is 6.54 Å². The number of hydrogen-bond donors (Lipinski definition) is 1. The van der Waals surface area contributed by atoms with Crippen LogP contribution in [0, 0.1) is 27.9 Å². The Bertz CT molecular complexity index is 794. The van der Waals surface area contributed by atoms with Crippen LogP contribution in [0.25, 0.3) is 0 Å². The van der Waals surface area contributed by atoms with E-state index in [-0.39, 0.29) is 30.2 Å². The van der Waals surface area contributed by atoms with Crippen molar-refractivity contribution in [2.75, 3.05) is 18.5 Å². The average molecular weight is 416 g/mol. The van der Waals surface area contributed by atoms with Crippen LogP contribution in [0.3, 0.4) is 0 Å². The minimum atomic E-state index is -4.50. The van der Waals surface area contributed by atoms with Gasteiger partial charge in [0.1, 0.15) is 5.78 Å². The molecule has 1 aromatic rings. The first-order chi connectivity index (χ1) is 13.5. The summed E-state index contributed by atoms with van der Waals surface area (Å²) >= 11 is 0. The smallest absolute Gasteiger partial charge is 0.416 e. The second kappa shape index (κ2) is 9.01. The van der Waals surface area contributed by atoms with Crippen LogP contribution < -0.4 is 5.32 Å². The number of esters is 1. The number of alkyl halides is 3. The van der Waals surface area contributed by atoms with Crippen molar-refractivity contribution < 1.29 is 37.2 Å². The first kappa shape index (κ1) is 22.3. The third kappa shape index (κ3) is 6.26. The molecule has 8 nitrogen and oxygen atoms in total. The molecule has 1 N–H and O–H groups in total. The number of Topliss-reactive ketones (excluding diaryl/α,β-unsaturated/α-hetero) is 1. The van der Waals surface area contributed by atoms with Crippen molar-refractivity contribution in [1.29, 1.82) is 0 Å². The van der Waals surface area contributed by atoms with Gasteiger partial charge in [0.25, 0.3) is 5.91 Å². The third-order valence-corrected chi connectivity index (χ3v) is 4.79. The number of amides is 1. The van der Waals surface area contributed by atoms with Crippen LogP contribution >= 0.6 is 0 Å². The van der Waals surface area contributed by atoms with Gasteiger partial charge >= 0.3 is 12.1 Å². The monoisotopic (exact) mass is 416 g/mol. The molecule has 1 amide bonds. The fraction of sp³-hybridized carbons (Fsp3) is 0.500. The molecule has 0 aromatic heterocycles. The van der Waals surface area contributed by atoms with Gasteiger partial charge in [0, 0.05) is 28.9 Å². The molecule has 0 bridgehead atoms. The topological polar surface area (TPSA) is 116 Å². The minimum Gasteiger partial charge on any atom is -0.456 e. The van der Waals surface area contributed by atoms with Crippen molar-refractivity contribution >= 4 is 23.3 Å². The maximum atomic E-state index is 12.5. The molecule has 0 saturated heterocycles. The molecule has 0 aliphatic heterocycles. The lowest BCUT2D eigenvalue weighted by molar-refractivity contribution is -0.490. The van der Waals surface area contributed by atoms with E-state index in [9.17, 15) is 37.7 Å². The highest BCUT2D eigenvalue weighted by atomic mass is 19.4. The summed E-state index contributed by atoms with van der Waals surface area (Å²) in [6, 6.07) is 3.71. The Morgan fingerprint density at radius 2 is 1.90 bits per heavy atom. The van der Waals surface area contributed by atoms with Crippen molar-refractivity contribution in [3.63, 3.8) is 0 Å². The fourth-order valence-electron chi connectivity index (χ4n) is 3.32. The molecule has 0 radical (unpaired) electrons. The number of nitro groups is 1. The maximum Gasteiger partial charge on any atom is 0.416 e. The summed E-state index contributed by atoms with van der Waals surface area (Å²) in [5, 5.41) is 13.0. The summed E-state index contributed by atoms with van der Waals surface area (Å²) in [7, 11) is 0. The van der Waals surface area contributed by atoms with E-state index in [0.717, 1.165) is 24.3 Å². The number of carbonyl (C=O) groups excluding carboxylic acids is 3. The predicted molar refractivity (Wildman–Crippen MR) is 93.3 cm³/mol. The predicted octanol–water partition coefficient (Wildman–Crippen LogP) is 2.70. The van der Waals surface area contributed by atoms with Crippen LogP contribution in [0.2, 0.25) is 0 Å². The van der Waals surface area contributed by atoms with Crippen LogP contribution in [0.5, 0.6) is 0 Å². The van der Waals surface area contributed by atoms with Crippen molar-refractivity contribution in [2.45, 2.75) is 25.9 Å². The Balaban J connectivity index is 1.84. The second-order valence-corrected chi connectivity index (χ2v) is 6.92. The molecule has 11 heteroatoms. The van der Waals surface area contributed by atoms with Crippen molar-refractivity contribution in [2.24, 2.45) is 17.8 Å². The molecule has 0 heterocycles. The van der Waals surface area contributed by atoms with E-state index in [1.165, 1.54) is 0 Å². The van der Waals surface area contributed by atoms with Gasteiger partial charge in [0.15, 0.2) is 6.61 Å². The molecular weight excluding hydrogens is 397 g/mol. The lowest BCUT2D eigenvalue weighted by atomic mass is 9.88.